The molecule has 1 amide bonds. The predicted molar refractivity (Wildman–Crippen MR) is 77.3 cm³/mol. The monoisotopic (exact) mass is 326 g/mol. The van der Waals surface area contributed by atoms with Crippen LogP contribution < -0.4 is 5.32 Å². The predicted octanol–water partition coefficient (Wildman–Crippen LogP) is 3.26. The number of thiophene rings is 1. The van der Waals surface area contributed by atoms with Crippen LogP contribution in [0, 0.1) is 10.1 Å². The van der Waals surface area contributed by atoms with E-state index in [0.29, 0.717) is 0 Å². The van der Waals surface area contributed by atoms with Gasteiger partial charge in [0, 0.05) is 6.07 Å². The van der Waals surface area contributed by atoms with Crippen molar-refractivity contribution in [2.75, 3.05) is 5.32 Å². The topological polar surface area (TPSA) is 110 Å². The molecule has 9 heteroatoms. The normalized spacial score (nSPS) is 10.1. The Labute approximate surface area is 126 Å². The van der Waals surface area contributed by atoms with Gasteiger partial charge in [-0.25, -0.2) is 4.79 Å². The summed E-state index contributed by atoms with van der Waals surface area (Å²) in [5, 5.41) is 21.8. The standard InChI is InChI=1S/C12H7ClN2O5S/c13-7-5-6(12(17)18)1-2-8(7)14-11(16)9-3-4-10(21-9)15(19)20/h1-5H,(H,14,16)(H,17,18). The Balaban J connectivity index is 2.19. The Bertz CT molecular complexity index is 743. The number of carboxylic acid groups (broad SMARTS) is 1. The van der Waals surface area contributed by atoms with Gasteiger partial charge in [-0.2, -0.15) is 0 Å². The Morgan fingerprint density at radius 3 is 2.52 bits per heavy atom. The fourth-order valence-corrected chi connectivity index (χ4v) is 2.42. The molecule has 2 aromatic rings. The van der Waals surface area contributed by atoms with Gasteiger partial charge in [0.05, 0.1) is 26.1 Å². The van der Waals surface area contributed by atoms with E-state index in [1.165, 1.54) is 30.3 Å². The molecular formula is C12H7ClN2O5S. The summed E-state index contributed by atoms with van der Waals surface area (Å²) in [5.74, 6) is -1.69. The summed E-state index contributed by atoms with van der Waals surface area (Å²) in [4.78, 5) is 32.8. The molecular weight excluding hydrogens is 320 g/mol. The molecule has 0 atom stereocenters. The number of carbonyl (C=O) groups is 2. The first-order chi connectivity index (χ1) is 9.88. The van der Waals surface area contributed by atoms with Gasteiger partial charge in [-0.3, -0.25) is 14.9 Å². The molecule has 0 spiro atoms. The molecule has 2 N–H and O–H groups in total. The van der Waals surface area contributed by atoms with Gasteiger partial charge in [-0.15, -0.1) is 0 Å². The third-order valence-electron chi connectivity index (χ3n) is 2.46. The van der Waals surface area contributed by atoms with Gasteiger partial charge in [0.2, 0.25) is 0 Å². The van der Waals surface area contributed by atoms with Crippen molar-refractivity contribution >= 4 is 45.5 Å². The highest BCUT2D eigenvalue weighted by Gasteiger charge is 2.16. The highest BCUT2D eigenvalue weighted by molar-refractivity contribution is 7.17. The molecule has 1 heterocycles. The van der Waals surface area contributed by atoms with Crippen LogP contribution in [0.15, 0.2) is 30.3 Å². The lowest BCUT2D eigenvalue weighted by Gasteiger charge is -2.06. The van der Waals surface area contributed by atoms with Crippen molar-refractivity contribution in [1.29, 1.82) is 0 Å². The maximum absolute atomic E-state index is 11.9. The maximum atomic E-state index is 11.9. The number of carbonyl (C=O) groups excluding carboxylic acids is 1. The molecule has 2 rings (SSSR count). The summed E-state index contributed by atoms with van der Waals surface area (Å²) in [5.41, 5.74) is 0.215. The van der Waals surface area contributed by atoms with Crippen LogP contribution in [0.1, 0.15) is 20.0 Å². The second-order valence-electron chi connectivity index (χ2n) is 3.85. The van der Waals surface area contributed by atoms with Crippen molar-refractivity contribution in [1.82, 2.24) is 0 Å². The first-order valence-electron chi connectivity index (χ1n) is 5.47. The summed E-state index contributed by atoms with van der Waals surface area (Å²) in [6.45, 7) is 0. The van der Waals surface area contributed by atoms with E-state index in [1.54, 1.807) is 0 Å². The van der Waals surface area contributed by atoms with Gasteiger partial charge in [-0.1, -0.05) is 22.9 Å². The lowest BCUT2D eigenvalue weighted by atomic mass is 10.2. The van der Waals surface area contributed by atoms with E-state index in [9.17, 15) is 19.7 Å². The lowest BCUT2D eigenvalue weighted by molar-refractivity contribution is -0.380. The maximum Gasteiger partial charge on any atom is 0.335 e. The molecule has 0 fully saturated rings. The van der Waals surface area contributed by atoms with Crippen LogP contribution in [0.4, 0.5) is 10.7 Å². The number of nitrogens with zero attached hydrogens (tertiary/aromatic N) is 1. The second-order valence-corrected chi connectivity index (χ2v) is 5.32. The quantitative estimate of drug-likeness (QED) is 0.662. The van der Waals surface area contributed by atoms with E-state index in [-0.39, 0.29) is 26.2 Å². The van der Waals surface area contributed by atoms with Crippen molar-refractivity contribution in [3.8, 4) is 0 Å². The third kappa shape index (κ3) is 3.36. The van der Waals surface area contributed by atoms with Crippen molar-refractivity contribution in [2.45, 2.75) is 0 Å². The Kier molecular flexibility index (Phi) is 4.20. The number of nitro groups is 1. The van der Waals surface area contributed by atoms with E-state index in [1.807, 2.05) is 0 Å². The molecule has 0 saturated heterocycles. The van der Waals surface area contributed by atoms with Crippen molar-refractivity contribution in [3.05, 3.63) is 55.9 Å². The Morgan fingerprint density at radius 1 is 1.29 bits per heavy atom. The molecule has 0 saturated carbocycles. The van der Waals surface area contributed by atoms with Gasteiger partial charge in [0.15, 0.2) is 0 Å². The summed E-state index contributed by atoms with van der Waals surface area (Å²) in [6, 6.07) is 6.41. The lowest BCUT2D eigenvalue weighted by Crippen LogP contribution is -2.10. The molecule has 0 radical (unpaired) electrons. The zero-order valence-corrected chi connectivity index (χ0v) is 11.8. The molecule has 108 valence electrons. The van der Waals surface area contributed by atoms with Crippen LogP contribution >= 0.6 is 22.9 Å². The SMILES string of the molecule is O=C(O)c1ccc(NC(=O)c2ccc([N+](=O)[O-])s2)c(Cl)c1. The number of hydrogen-bond acceptors (Lipinski definition) is 5. The molecule has 1 aromatic carbocycles. The Morgan fingerprint density at radius 2 is 2.00 bits per heavy atom. The number of hydrogen-bond donors (Lipinski definition) is 2. The summed E-state index contributed by atoms with van der Waals surface area (Å²) in [6.07, 6.45) is 0. The van der Waals surface area contributed by atoms with Crippen molar-refractivity contribution < 1.29 is 19.6 Å². The molecule has 1 aromatic heterocycles. The van der Waals surface area contributed by atoms with Crippen molar-refractivity contribution in [3.63, 3.8) is 0 Å². The smallest absolute Gasteiger partial charge is 0.335 e. The van der Waals surface area contributed by atoms with E-state index in [4.69, 9.17) is 16.7 Å². The number of nitrogens with one attached hydrogen (secondary N) is 1. The largest absolute Gasteiger partial charge is 0.478 e. The number of rotatable bonds is 4. The van der Waals surface area contributed by atoms with Crippen LogP contribution in [0.2, 0.25) is 5.02 Å². The van der Waals surface area contributed by atoms with Crippen LogP contribution in [-0.4, -0.2) is 21.9 Å². The van der Waals surface area contributed by atoms with Crippen molar-refractivity contribution in [2.24, 2.45) is 0 Å². The molecule has 0 bridgehead atoms. The van der Waals surface area contributed by atoms with E-state index in [0.717, 1.165) is 11.3 Å². The van der Waals surface area contributed by atoms with Gasteiger partial charge in [-0.05, 0) is 24.3 Å². The molecule has 21 heavy (non-hydrogen) atoms. The van der Waals surface area contributed by atoms with Crippen LogP contribution in [0.25, 0.3) is 0 Å². The molecule has 7 nitrogen and oxygen atoms in total. The summed E-state index contributed by atoms with van der Waals surface area (Å²) in [7, 11) is 0. The third-order valence-corrected chi connectivity index (χ3v) is 3.81. The van der Waals surface area contributed by atoms with Crippen LogP contribution in [-0.2, 0) is 0 Å². The summed E-state index contributed by atoms with van der Waals surface area (Å²) >= 11 is 6.61. The van der Waals surface area contributed by atoms with Crippen LogP contribution in [0.5, 0.6) is 0 Å². The van der Waals surface area contributed by atoms with Gasteiger partial charge < -0.3 is 10.4 Å². The average Bonchev–Trinajstić information content (AvgIpc) is 2.90. The molecule has 0 aliphatic heterocycles. The molecule has 0 unspecified atom stereocenters. The number of aromatic carboxylic acids is 1. The number of anilines is 1. The van der Waals surface area contributed by atoms with Gasteiger partial charge in [0.1, 0.15) is 0 Å². The molecule has 0 aliphatic carbocycles. The fraction of sp³-hybridized carbons (Fsp3) is 0. The van der Waals surface area contributed by atoms with E-state index >= 15 is 0 Å². The zero-order valence-electron chi connectivity index (χ0n) is 10.2. The minimum atomic E-state index is -1.14. The highest BCUT2D eigenvalue weighted by Crippen LogP contribution is 2.27. The first kappa shape index (κ1) is 14.9. The van der Waals surface area contributed by atoms with E-state index < -0.39 is 16.8 Å². The number of halogens is 1. The molecule has 0 aliphatic rings. The minimum Gasteiger partial charge on any atom is -0.478 e. The number of amides is 1. The van der Waals surface area contributed by atoms with Gasteiger partial charge >= 0.3 is 11.0 Å². The Hall–Kier alpha value is -2.45. The second kappa shape index (κ2) is 5.90. The number of carboxylic acids is 1. The number of benzene rings is 1. The summed E-state index contributed by atoms with van der Waals surface area (Å²) < 4.78 is 0. The minimum absolute atomic E-state index is 0.00948. The first-order valence-corrected chi connectivity index (χ1v) is 6.66. The fourth-order valence-electron chi connectivity index (χ4n) is 1.48. The highest BCUT2D eigenvalue weighted by atomic mass is 35.5. The van der Waals surface area contributed by atoms with Crippen LogP contribution in [0.3, 0.4) is 0 Å². The van der Waals surface area contributed by atoms with Gasteiger partial charge in [0.25, 0.3) is 5.91 Å². The van der Waals surface area contributed by atoms with E-state index in [2.05, 4.69) is 5.32 Å². The zero-order chi connectivity index (χ0) is 15.6. The average molecular weight is 327 g/mol.